The number of nitro groups is 1. The third-order valence-electron chi connectivity index (χ3n) is 1.93. The zero-order chi connectivity index (χ0) is 15.4. The second-order valence-corrected chi connectivity index (χ2v) is 3.51. The van der Waals surface area contributed by atoms with Gasteiger partial charge in [0.1, 0.15) is 0 Å². The Hall–Kier alpha value is -1.52. The van der Waals surface area contributed by atoms with Crippen molar-refractivity contribution >= 4 is 5.69 Å². The summed E-state index contributed by atoms with van der Waals surface area (Å²) in [5.74, 6) is 0. The zero-order valence-electron chi connectivity index (χ0n) is 12.2. The second kappa shape index (κ2) is 11.6. The number of hydrogen-bond acceptors (Lipinski definition) is 2. The van der Waals surface area contributed by atoms with Crippen LogP contribution in [0.15, 0.2) is 18.2 Å². The fraction of sp³-hybridized carbons (Fsp3) is 0.571. The molecule has 0 unspecified atom stereocenters. The smallest absolute Gasteiger partial charge is 0.258 e. The van der Waals surface area contributed by atoms with Gasteiger partial charge in [-0.1, -0.05) is 47.1 Å². The first-order valence-corrected chi connectivity index (χ1v) is 6.53. The number of rotatable bonds is 3. The maximum atomic E-state index is 12.4. The van der Waals surface area contributed by atoms with Crippen LogP contribution in [0.4, 0.5) is 14.5 Å². The van der Waals surface area contributed by atoms with Crippen molar-refractivity contribution in [3.8, 4) is 0 Å². The van der Waals surface area contributed by atoms with Gasteiger partial charge in [0.25, 0.3) is 12.1 Å². The van der Waals surface area contributed by atoms with Gasteiger partial charge in [-0.15, -0.1) is 0 Å². The van der Waals surface area contributed by atoms with Crippen LogP contribution in [-0.2, 0) is 6.42 Å². The highest BCUT2D eigenvalue weighted by molar-refractivity contribution is 5.43. The summed E-state index contributed by atoms with van der Waals surface area (Å²) in [6.07, 6.45) is -0.973. The summed E-state index contributed by atoms with van der Waals surface area (Å²) in [7, 11) is 0. The van der Waals surface area contributed by atoms with Crippen molar-refractivity contribution in [2.24, 2.45) is 0 Å². The molecule has 110 valence electrons. The molecular weight excluding hydrogens is 252 g/mol. The molecule has 0 heterocycles. The average molecular weight is 275 g/mol. The third-order valence-corrected chi connectivity index (χ3v) is 1.93. The largest absolute Gasteiger partial charge is 0.278 e. The van der Waals surface area contributed by atoms with Crippen molar-refractivity contribution in [1.82, 2.24) is 0 Å². The van der Waals surface area contributed by atoms with E-state index in [1.165, 1.54) is 18.6 Å². The minimum Gasteiger partial charge on any atom is -0.258 e. The SMILES string of the molecule is CC.CCC.CCc1ccc([N+](=O)[O-])c(C(F)F)c1. The molecule has 0 saturated heterocycles. The molecule has 0 N–H and O–H groups in total. The quantitative estimate of drug-likeness (QED) is 0.537. The first-order chi connectivity index (χ1) is 8.97. The number of aryl methyl sites for hydroxylation is 1. The molecule has 1 aromatic rings. The predicted octanol–water partition coefficient (Wildman–Crippen LogP) is 5.54. The summed E-state index contributed by atoms with van der Waals surface area (Å²) < 4.78 is 24.8. The Morgan fingerprint density at radius 3 is 2.00 bits per heavy atom. The van der Waals surface area contributed by atoms with Gasteiger partial charge in [-0.3, -0.25) is 10.1 Å². The van der Waals surface area contributed by atoms with Gasteiger partial charge in [-0.25, -0.2) is 8.78 Å². The van der Waals surface area contributed by atoms with Crippen molar-refractivity contribution in [2.45, 2.75) is 53.9 Å². The van der Waals surface area contributed by atoms with E-state index in [0.717, 1.165) is 6.07 Å². The minimum atomic E-state index is -2.80. The van der Waals surface area contributed by atoms with Crippen molar-refractivity contribution in [3.63, 3.8) is 0 Å². The fourth-order valence-electron chi connectivity index (χ4n) is 1.16. The predicted molar refractivity (Wildman–Crippen MR) is 74.7 cm³/mol. The standard InChI is InChI=1S/C9H9F2NO2.C3H8.C2H6/c1-2-6-3-4-8(12(13)14)7(5-6)9(10)11;1-3-2;1-2/h3-5,9H,2H2,1H3;3H2,1-2H3;1-2H3. The lowest BCUT2D eigenvalue weighted by atomic mass is 10.1. The van der Waals surface area contributed by atoms with Crippen LogP contribution in [0.3, 0.4) is 0 Å². The second-order valence-electron chi connectivity index (χ2n) is 3.51. The van der Waals surface area contributed by atoms with E-state index in [-0.39, 0.29) is 0 Å². The van der Waals surface area contributed by atoms with E-state index >= 15 is 0 Å². The van der Waals surface area contributed by atoms with Crippen molar-refractivity contribution in [2.75, 3.05) is 0 Å². The van der Waals surface area contributed by atoms with Crippen molar-refractivity contribution < 1.29 is 13.7 Å². The Kier molecular flexibility index (Phi) is 12.1. The highest BCUT2D eigenvalue weighted by atomic mass is 19.3. The van der Waals surface area contributed by atoms with Gasteiger partial charge in [0, 0.05) is 6.07 Å². The Balaban J connectivity index is 0. The lowest BCUT2D eigenvalue weighted by molar-refractivity contribution is -0.386. The number of hydrogen-bond donors (Lipinski definition) is 0. The summed E-state index contributed by atoms with van der Waals surface area (Å²) >= 11 is 0. The fourth-order valence-corrected chi connectivity index (χ4v) is 1.16. The molecule has 0 atom stereocenters. The van der Waals surface area contributed by atoms with E-state index in [4.69, 9.17) is 0 Å². The molecule has 0 fully saturated rings. The summed E-state index contributed by atoms with van der Waals surface area (Å²) in [5, 5.41) is 10.4. The van der Waals surface area contributed by atoms with Gasteiger partial charge in [0.05, 0.1) is 10.5 Å². The Morgan fingerprint density at radius 1 is 1.21 bits per heavy atom. The van der Waals surface area contributed by atoms with E-state index in [0.29, 0.717) is 12.0 Å². The number of benzene rings is 1. The first-order valence-electron chi connectivity index (χ1n) is 6.53. The molecule has 0 amide bonds. The van der Waals surface area contributed by atoms with Crippen LogP contribution < -0.4 is 0 Å². The first kappa shape index (κ1) is 19.8. The Bertz CT molecular complexity index is 368. The van der Waals surface area contributed by atoms with Crippen LogP contribution in [-0.4, -0.2) is 4.92 Å². The molecular formula is C14H23F2NO2. The molecule has 0 radical (unpaired) electrons. The monoisotopic (exact) mass is 275 g/mol. The van der Waals surface area contributed by atoms with Gasteiger partial charge < -0.3 is 0 Å². The van der Waals surface area contributed by atoms with Gasteiger partial charge >= 0.3 is 0 Å². The normalized spacial score (nSPS) is 9.05. The van der Waals surface area contributed by atoms with Crippen LogP contribution in [0.25, 0.3) is 0 Å². The molecule has 1 rings (SSSR count). The van der Waals surface area contributed by atoms with Gasteiger partial charge in [-0.05, 0) is 18.1 Å². The van der Waals surface area contributed by atoms with Crippen LogP contribution >= 0.6 is 0 Å². The van der Waals surface area contributed by atoms with Crippen LogP contribution in [0.1, 0.15) is 58.6 Å². The average Bonchev–Trinajstić information content (AvgIpc) is 2.41. The number of alkyl halides is 2. The number of nitrogens with zero attached hydrogens (tertiary/aromatic N) is 1. The van der Waals surface area contributed by atoms with E-state index in [9.17, 15) is 18.9 Å². The number of halogens is 2. The lowest BCUT2D eigenvalue weighted by Gasteiger charge is -2.03. The maximum Gasteiger partial charge on any atom is 0.278 e. The molecule has 1 aromatic carbocycles. The summed E-state index contributed by atoms with van der Waals surface area (Å²) in [6, 6.07) is 3.80. The van der Waals surface area contributed by atoms with E-state index in [1.807, 2.05) is 13.8 Å². The van der Waals surface area contributed by atoms with E-state index < -0.39 is 22.6 Å². The molecule has 3 nitrogen and oxygen atoms in total. The molecule has 19 heavy (non-hydrogen) atoms. The van der Waals surface area contributed by atoms with Crippen LogP contribution in [0, 0.1) is 10.1 Å². The molecule has 0 aliphatic rings. The van der Waals surface area contributed by atoms with Gasteiger partial charge in [-0.2, -0.15) is 0 Å². The zero-order valence-corrected chi connectivity index (χ0v) is 12.2. The molecule has 0 aliphatic carbocycles. The number of nitro benzene ring substituents is 1. The van der Waals surface area contributed by atoms with Crippen LogP contribution in [0.2, 0.25) is 0 Å². The van der Waals surface area contributed by atoms with E-state index in [2.05, 4.69) is 13.8 Å². The van der Waals surface area contributed by atoms with Crippen molar-refractivity contribution in [1.29, 1.82) is 0 Å². The van der Waals surface area contributed by atoms with Gasteiger partial charge in [0.2, 0.25) is 0 Å². The molecule has 0 spiro atoms. The topological polar surface area (TPSA) is 43.1 Å². The van der Waals surface area contributed by atoms with Crippen LogP contribution in [0.5, 0.6) is 0 Å². The Morgan fingerprint density at radius 2 is 1.68 bits per heavy atom. The van der Waals surface area contributed by atoms with Crippen molar-refractivity contribution in [3.05, 3.63) is 39.4 Å². The third kappa shape index (κ3) is 7.49. The summed E-state index contributed by atoms with van der Waals surface area (Å²) in [4.78, 5) is 9.61. The molecule has 0 bridgehead atoms. The minimum absolute atomic E-state index is 0.505. The highest BCUT2D eigenvalue weighted by Crippen LogP contribution is 2.29. The molecule has 0 aliphatic heterocycles. The highest BCUT2D eigenvalue weighted by Gasteiger charge is 2.21. The molecule has 5 heteroatoms. The Labute approximate surface area is 113 Å². The molecule has 0 saturated carbocycles. The lowest BCUT2D eigenvalue weighted by Crippen LogP contribution is -1.97. The summed E-state index contributed by atoms with van der Waals surface area (Å²) in [6.45, 7) is 10.1. The van der Waals surface area contributed by atoms with E-state index in [1.54, 1.807) is 6.92 Å². The maximum absolute atomic E-state index is 12.4. The van der Waals surface area contributed by atoms with Gasteiger partial charge in [0.15, 0.2) is 0 Å². The summed E-state index contributed by atoms with van der Waals surface area (Å²) in [5.41, 5.74) is -0.350. The molecule has 0 aromatic heterocycles.